The molecule has 2 aromatic carbocycles. The molecule has 0 aliphatic rings. The number of aromatic nitrogens is 1. The summed E-state index contributed by atoms with van der Waals surface area (Å²) >= 11 is 6.44. The Hall–Kier alpha value is -2.06. The first kappa shape index (κ1) is 15.8. The van der Waals surface area contributed by atoms with E-state index in [1.807, 2.05) is 47.0 Å². The maximum atomic E-state index is 12.4. The fraction of sp³-hybridized carbons (Fsp3) is 0.250. The highest BCUT2D eigenvalue weighted by Crippen LogP contribution is 2.38. The maximum absolute atomic E-state index is 12.4. The van der Waals surface area contributed by atoms with Crippen LogP contribution in [0.25, 0.3) is 22.2 Å². The van der Waals surface area contributed by atoms with E-state index in [1.165, 1.54) is 5.56 Å². The topological polar surface area (TPSA) is 22.0 Å². The Morgan fingerprint density at radius 1 is 1.09 bits per heavy atom. The normalized spacial score (nSPS) is 11.1. The second kappa shape index (κ2) is 6.59. The molecule has 0 amide bonds. The highest BCUT2D eigenvalue weighted by Gasteiger charge is 2.21. The fourth-order valence-corrected chi connectivity index (χ4v) is 3.40. The third-order valence-electron chi connectivity index (χ3n) is 4.20. The predicted octanol–water partition coefficient (Wildman–Crippen LogP) is 5.96. The Balaban J connectivity index is 2.39. The summed E-state index contributed by atoms with van der Waals surface area (Å²) in [4.78, 5) is 12.4. The van der Waals surface area contributed by atoms with Gasteiger partial charge in [0.05, 0.1) is 11.2 Å². The summed E-state index contributed by atoms with van der Waals surface area (Å²) in [6.45, 7) is 3.79. The SMILES string of the molecule is CCCCc1c(-c2ccccc2Cl)n(C(C)=O)c2ccccc12. The number of carbonyl (C=O) groups is 1. The average Bonchev–Trinajstić information content (AvgIpc) is 2.87. The number of hydrogen-bond acceptors (Lipinski definition) is 1. The molecule has 0 bridgehead atoms. The smallest absolute Gasteiger partial charge is 0.228 e. The van der Waals surface area contributed by atoms with E-state index < -0.39 is 0 Å². The first-order valence-electron chi connectivity index (χ1n) is 8.03. The number of rotatable bonds is 4. The van der Waals surface area contributed by atoms with Crippen molar-refractivity contribution in [2.75, 3.05) is 0 Å². The van der Waals surface area contributed by atoms with Gasteiger partial charge in [-0.25, -0.2) is 0 Å². The lowest BCUT2D eigenvalue weighted by molar-refractivity contribution is 0.0943. The Bertz CT molecular complexity index is 863. The lowest BCUT2D eigenvalue weighted by Crippen LogP contribution is -2.08. The van der Waals surface area contributed by atoms with Crippen LogP contribution in [0.4, 0.5) is 0 Å². The largest absolute Gasteiger partial charge is 0.280 e. The molecule has 1 aromatic heterocycles. The van der Waals surface area contributed by atoms with Crippen LogP contribution in [0.3, 0.4) is 0 Å². The van der Waals surface area contributed by atoms with Crippen molar-refractivity contribution in [3.63, 3.8) is 0 Å². The molecule has 0 aliphatic heterocycles. The molecule has 0 unspecified atom stereocenters. The summed E-state index contributed by atoms with van der Waals surface area (Å²) in [6.07, 6.45) is 3.14. The number of halogens is 1. The minimum Gasteiger partial charge on any atom is -0.280 e. The maximum Gasteiger partial charge on any atom is 0.228 e. The molecule has 0 atom stereocenters. The second-order valence-corrected chi connectivity index (χ2v) is 6.19. The summed E-state index contributed by atoms with van der Waals surface area (Å²) in [5.41, 5.74) is 4.04. The minimum atomic E-state index is 0.0128. The summed E-state index contributed by atoms with van der Waals surface area (Å²) < 4.78 is 1.81. The molecule has 3 rings (SSSR count). The van der Waals surface area contributed by atoms with Crippen molar-refractivity contribution in [2.24, 2.45) is 0 Å². The first-order valence-corrected chi connectivity index (χ1v) is 8.41. The van der Waals surface area contributed by atoms with Crippen LogP contribution in [0, 0.1) is 0 Å². The second-order valence-electron chi connectivity index (χ2n) is 5.78. The van der Waals surface area contributed by atoms with Gasteiger partial charge in [0.1, 0.15) is 0 Å². The zero-order chi connectivity index (χ0) is 16.4. The van der Waals surface area contributed by atoms with Crippen molar-refractivity contribution in [3.8, 4) is 11.3 Å². The number of fused-ring (bicyclic) bond motifs is 1. The highest BCUT2D eigenvalue weighted by molar-refractivity contribution is 6.33. The molecule has 0 radical (unpaired) electrons. The molecule has 23 heavy (non-hydrogen) atoms. The highest BCUT2D eigenvalue weighted by atomic mass is 35.5. The Morgan fingerprint density at radius 2 is 1.78 bits per heavy atom. The third kappa shape index (κ3) is 2.79. The van der Waals surface area contributed by atoms with Gasteiger partial charge < -0.3 is 0 Å². The van der Waals surface area contributed by atoms with E-state index in [2.05, 4.69) is 13.0 Å². The van der Waals surface area contributed by atoms with Gasteiger partial charge in [-0.3, -0.25) is 9.36 Å². The van der Waals surface area contributed by atoms with Crippen LogP contribution < -0.4 is 0 Å². The minimum absolute atomic E-state index is 0.0128. The molecule has 0 N–H and O–H groups in total. The summed E-state index contributed by atoms with van der Waals surface area (Å²) in [7, 11) is 0. The number of nitrogens with zero attached hydrogens (tertiary/aromatic N) is 1. The Labute approximate surface area is 141 Å². The van der Waals surface area contributed by atoms with Crippen molar-refractivity contribution in [3.05, 3.63) is 59.1 Å². The van der Waals surface area contributed by atoms with E-state index in [0.29, 0.717) is 5.02 Å². The molecule has 0 aliphatic carbocycles. The number of hydrogen-bond donors (Lipinski definition) is 0. The van der Waals surface area contributed by atoms with Crippen LogP contribution in [-0.4, -0.2) is 10.5 Å². The molecular weight excluding hydrogens is 306 g/mol. The lowest BCUT2D eigenvalue weighted by Gasteiger charge is -2.11. The molecule has 0 fully saturated rings. The van der Waals surface area contributed by atoms with Crippen LogP contribution in [0.15, 0.2) is 48.5 Å². The van der Waals surface area contributed by atoms with E-state index in [0.717, 1.165) is 41.4 Å². The first-order chi connectivity index (χ1) is 11.1. The molecule has 1 heterocycles. The van der Waals surface area contributed by atoms with Gasteiger partial charge in [0.15, 0.2) is 0 Å². The summed E-state index contributed by atoms with van der Waals surface area (Å²) in [6, 6.07) is 15.9. The third-order valence-corrected chi connectivity index (χ3v) is 4.53. The molecule has 118 valence electrons. The van der Waals surface area contributed by atoms with Crippen molar-refractivity contribution >= 4 is 28.4 Å². The van der Waals surface area contributed by atoms with Crippen LogP contribution in [0.5, 0.6) is 0 Å². The number of para-hydroxylation sites is 1. The molecular formula is C20H20ClNO. The summed E-state index contributed by atoms with van der Waals surface area (Å²) in [5.74, 6) is 0.0128. The quantitative estimate of drug-likeness (QED) is 0.579. The van der Waals surface area contributed by atoms with Gasteiger partial charge in [-0.1, -0.05) is 61.3 Å². The molecule has 2 nitrogen and oxygen atoms in total. The molecule has 0 spiro atoms. The van der Waals surface area contributed by atoms with Crippen molar-refractivity contribution < 1.29 is 4.79 Å². The summed E-state index contributed by atoms with van der Waals surface area (Å²) in [5, 5.41) is 1.82. The predicted molar refractivity (Wildman–Crippen MR) is 97.3 cm³/mol. The number of benzene rings is 2. The standard InChI is InChI=1S/C20H20ClNO/c1-3-4-9-16-15-10-6-8-13-19(15)22(14(2)23)20(16)17-11-5-7-12-18(17)21/h5-8,10-13H,3-4,9H2,1-2H3. The van der Waals surface area contributed by atoms with Crippen LogP contribution >= 0.6 is 11.6 Å². The van der Waals surface area contributed by atoms with E-state index in [4.69, 9.17) is 11.6 Å². The number of aryl methyl sites for hydroxylation is 1. The van der Waals surface area contributed by atoms with Gasteiger partial charge >= 0.3 is 0 Å². The molecule has 0 saturated heterocycles. The van der Waals surface area contributed by atoms with Crippen LogP contribution in [0.2, 0.25) is 5.02 Å². The monoisotopic (exact) mass is 325 g/mol. The Morgan fingerprint density at radius 3 is 2.48 bits per heavy atom. The average molecular weight is 326 g/mol. The van der Waals surface area contributed by atoms with E-state index in [1.54, 1.807) is 6.92 Å². The molecule has 3 aromatic rings. The van der Waals surface area contributed by atoms with E-state index in [9.17, 15) is 4.79 Å². The van der Waals surface area contributed by atoms with E-state index in [-0.39, 0.29) is 5.91 Å². The van der Waals surface area contributed by atoms with Crippen molar-refractivity contribution in [1.82, 2.24) is 4.57 Å². The van der Waals surface area contributed by atoms with E-state index >= 15 is 0 Å². The van der Waals surface area contributed by atoms with Gasteiger partial charge in [0, 0.05) is 22.9 Å². The van der Waals surface area contributed by atoms with Crippen LogP contribution in [-0.2, 0) is 6.42 Å². The number of unbranched alkanes of at least 4 members (excludes halogenated alkanes) is 1. The van der Waals surface area contributed by atoms with Crippen molar-refractivity contribution in [1.29, 1.82) is 0 Å². The molecule has 0 saturated carbocycles. The van der Waals surface area contributed by atoms with Gasteiger partial charge in [-0.15, -0.1) is 0 Å². The molecule has 3 heteroatoms. The Kier molecular flexibility index (Phi) is 4.53. The van der Waals surface area contributed by atoms with Gasteiger partial charge in [0.25, 0.3) is 0 Å². The fourth-order valence-electron chi connectivity index (χ4n) is 3.18. The zero-order valence-corrected chi connectivity index (χ0v) is 14.2. The number of carbonyl (C=O) groups excluding carboxylic acids is 1. The van der Waals surface area contributed by atoms with Gasteiger partial charge in [-0.05, 0) is 30.5 Å². The van der Waals surface area contributed by atoms with Crippen molar-refractivity contribution in [2.45, 2.75) is 33.1 Å². The van der Waals surface area contributed by atoms with Crippen LogP contribution in [0.1, 0.15) is 37.0 Å². The zero-order valence-electron chi connectivity index (χ0n) is 13.5. The van der Waals surface area contributed by atoms with Gasteiger partial charge in [0.2, 0.25) is 5.91 Å². The van der Waals surface area contributed by atoms with Gasteiger partial charge in [-0.2, -0.15) is 0 Å². The lowest BCUT2D eigenvalue weighted by atomic mass is 10.0.